The molecule has 3 heteroatoms. The van der Waals surface area contributed by atoms with Gasteiger partial charge in [-0.15, -0.1) is 0 Å². The molecule has 0 fully saturated rings. The average molecular weight is 229 g/mol. The Bertz CT molecular complexity index is 506. The van der Waals surface area contributed by atoms with Gasteiger partial charge in [-0.25, -0.2) is 4.98 Å². The van der Waals surface area contributed by atoms with E-state index in [-0.39, 0.29) is 0 Å². The molecule has 0 radical (unpaired) electrons. The van der Waals surface area contributed by atoms with Crippen molar-refractivity contribution < 1.29 is 0 Å². The number of fused-ring (bicyclic) bond motifs is 1. The molecule has 3 N–H and O–H groups in total. The topological polar surface area (TPSA) is 50.9 Å². The third-order valence-corrected chi connectivity index (χ3v) is 2.78. The first kappa shape index (κ1) is 11.9. The van der Waals surface area contributed by atoms with Gasteiger partial charge in [0.15, 0.2) is 0 Å². The smallest absolute Gasteiger partial charge is 0.133 e. The van der Waals surface area contributed by atoms with Gasteiger partial charge < -0.3 is 11.1 Å². The minimum Gasteiger partial charge on any atom is -0.369 e. The summed E-state index contributed by atoms with van der Waals surface area (Å²) in [6, 6.07) is 8.25. The van der Waals surface area contributed by atoms with Gasteiger partial charge in [0, 0.05) is 24.7 Å². The first-order valence-corrected chi connectivity index (χ1v) is 6.03. The lowest BCUT2D eigenvalue weighted by Crippen LogP contribution is -2.10. The van der Waals surface area contributed by atoms with Crippen LogP contribution in [0.25, 0.3) is 10.8 Å². The first-order chi connectivity index (χ1) is 8.22. The molecule has 0 amide bonds. The van der Waals surface area contributed by atoms with Crippen molar-refractivity contribution in [1.82, 2.24) is 4.98 Å². The molecule has 2 rings (SSSR count). The fraction of sp³-hybridized carbons (Fsp3) is 0.357. The molecule has 0 spiro atoms. The van der Waals surface area contributed by atoms with E-state index in [0.717, 1.165) is 23.3 Å². The molecular weight excluding hydrogens is 210 g/mol. The monoisotopic (exact) mass is 229 g/mol. The van der Waals surface area contributed by atoms with Crippen LogP contribution in [0, 0.1) is 5.92 Å². The Morgan fingerprint density at radius 1 is 1.24 bits per heavy atom. The van der Waals surface area contributed by atoms with Gasteiger partial charge in [-0.05, 0) is 16.9 Å². The summed E-state index contributed by atoms with van der Waals surface area (Å²) in [6.45, 7) is 5.82. The molecule has 2 aromatic rings. The Morgan fingerprint density at radius 3 is 2.59 bits per heavy atom. The van der Waals surface area contributed by atoms with Crippen molar-refractivity contribution in [3.05, 3.63) is 36.0 Å². The van der Waals surface area contributed by atoms with Crippen molar-refractivity contribution in [1.29, 1.82) is 0 Å². The number of nitrogens with zero attached hydrogens (tertiary/aromatic N) is 1. The molecule has 0 aliphatic heterocycles. The third kappa shape index (κ3) is 2.56. The molecule has 0 aliphatic rings. The SMILES string of the molecule is CC(C)CNc1ncc(CN)c2ccccc12. The number of nitrogens with two attached hydrogens (primary N) is 1. The summed E-state index contributed by atoms with van der Waals surface area (Å²) in [5, 5.41) is 5.73. The van der Waals surface area contributed by atoms with E-state index in [1.165, 1.54) is 5.39 Å². The molecule has 0 atom stereocenters. The lowest BCUT2D eigenvalue weighted by molar-refractivity contribution is 0.687. The van der Waals surface area contributed by atoms with Crippen LogP contribution >= 0.6 is 0 Å². The fourth-order valence-corrected chi connectivity index (χ4v) is 1.86. The van der Waals surface area contributed by atoms with Crippen molar-refractivity contribution in [3.8, 4) is 0 Å². The predicted molar refractivity (Wildman–Crippen MR) is 73.0 cm³/mol. The van der Waals surface area contributed by atoms with Crippen LogP contribution in [-0.2, 0) is 6.54 Å². The summed E-state index contributed by atoms with van der Waals surface area (Å²) >= 11 is 0. The number of benzene rings is 1. The number of anilines is 1. The number of nitrogens with one attached hydrogen (secondary N) is 1. The van der Waals surface area contributed by atoms with Gasteiger partial charge in [-0.3, -0.25) is 0 Å². The van der Waals surface area contributed by atoms with Crippen LogP contribution in [0.4, 0.5) is 5.82 Å². The van der Waals surface area contributed by atoms with Crippen LogP contribution in [0.3, 0.4) is 0 Å². The van der Waals surface area contributed by atoms with Gasteiger partial charge in [0.2, 0.25) is 0 Å². The van der Waals surface area contributed by atoms with Gasteiger partial charge in [-0.2, -0.15) is 0 Å². The highest BCUT2D eigenvalue weighted by Crippen LogP contribution is 2.24. The molecule has 1 aromatic carbocycles. The van der Waals surface area contributed by atoms with Crippen molar-refractivity contribution in [2.75, 3.05) is 11.9 Å². The van der Waals surface area contributed by atoms with E-state index < -0.39 is 0 Å². The Kier molecular flexibility index (Phi) is 3.59. The zero-order valence-corrected chi connectivity index (χ0v) is 10.4. The lowest BCUT2D eigenvalue weighted by atomic mass is 10.1. The molecular formula is C14H19N3. The molecule has 90 valence electrons. The summed E-state index contributed by atoms with van der Waals surface area (Å²) in [6.07, 6.45) is 1.87. The Morgan fingerprint density at radius 2 is 1.94 bits per heavy atom. The van der Waals surface area contributed by atoms with E-state index in [4.69, 9.17) is 5.73 Å². The minimum atomic E-state index is 0.526. The normalized spacial score (nSPS) is 11.1. The lowest BCUT2D eigenvalue weighted by Gasteiger charge is -2.12. The first-order valence-electron chi connectivity index (χ1n) is 6.03. The Balaban J connectivity index is 2.43. The maximum atomic E-state index is 5.73. The summed E-state index contributed by atoms with van der Waals surface area (Å²) < 4.78 is 0. The highest BCUT2D eigenvalue weighted by Gasteiger charge is 2.06. The van der Waals surface area contributed by atoms with Gasteiger partial charge in [0.25, 0.3) is 0 Å². The summed E-state index contributed by atoms with van der Waals surface area (Å²) in [4.78, 5) is 4.46. The highest BCUT2D eigenvalue weighted by atomic mass is 15.0. The molecule has 0 bridgehead atoms. The Labute approximate surface area is 102 Å². The summed E-state index contributed by atoms with van der Waals surface area (Å²) in [7, 11) is 0. The molecule has 0 unspecified atom stereocenters. The van der Waals surface area contributed by atoms with E-state index in [1.54, 1.807) is 0 Å². The van der Waals surface area contributed by atoms with E-state index in [9.17, 15) is 0 Å². The van der Waals surface area contributed by atoms with Gasteiger partial charge >= 0.3 is 0 Å². The van der Waals surface area contributed by atoms with E-state index in [2.05, 4.69) is 36.3 Å². The second kappa shape index (κ2) is 5.15. The number of aromatic nitrogens is 1. The number of hydrogen-bond donors (Lipinski definition) is 2. The second-order valence-electron chi connectivity index (χ2n) is 4.66. The highest BCUT2D eigenvalue weighted by molar-refractivity contribution is 5.93. The minimum absolute atomic E-state index is 0.526. The molecule has 17 heavy (non-hydrogen) atoms. The molecule has 1 aromatic heterocycles. The van der Waals surface area contributed by atoms with Crippen LogP contribution in [0.15, 0.2) is 30.5 Å². The van der Waals surface area contributed by atoms with E-state index in [0.29, 0.717) is 12.5 Å². The summed E-state index contributed by atoms with van der Waals surface area (Å²) in [5.41, 5.74) is 6.82. The maximum absolute atomic E-state index is 5.73. The maximum Gasteiger partial charge on any atom is 0.133 e. The van der Waals surface area contributed by atoms with Crippen LogP contribution in [0.1, 0.15) is 19.4 Å². The van der Waals surface area contributed by atoms with Crippen LogP contribution in [0.5, 0.6) is 0 Å². The average Bonchev–Trinajstić information content (AvgIpc) is 2.35. The summed E-state index contributed by atoms with van der Waals surface area (Å²) in [5.74, 6) is 1.55. The zero-order chi connectivity index (χ0) is 12.3. The van der Waals surface area contributed by atoms with Gasteiger partial charge in [0.1, 0.15) is 5.82 Å². The van der Waals surface area contributed by atoms with Gasteiger partial charge in [0.05, 0.1) is 0 Å². The van der Waals surface area contributed by atoms with Crippen molar-refractivity contribution in [2.24, 2.45) is 11.7 Å². The zero-order valence-electron chi connectivity index (χ0n) is 10.4. The second-order valence-corrected chi connectivity index (χ2v) is 4.66. The molecule has 1 heterocycles. The third-order valence-electron chi connectivity index (χ3n) is 2.78. The van der Waals surface area contributed by atoms with E-state index in [1.807, 2.05) is 18.3 Å². The number of rotatable bonds is 4. The Hall–Kier alpha value is -1.61. The molecule has 0 aliphatic carbocycles. The van der Waals surface area contributed by atoms with Crippen LogP contribution in [-0.4, -0.2) is 11.5 Å². The predicted octanol–water partition coefficient (Wildman–Crippen LogP) is 2.76. The van der Waals surface area contributed by atoms with Crippen molar-refractivity contribution in [3.63, 3.8) is 0 Å². The molecule has 0 saturated carbocycles. The van der Waals surface area contributed by atoms with E-state index >= 15 is 0 Å². The van der Waals surface area contributed by atoms with Crippen LogP contribution in [0.2, 0.25) is 0 Å². The molecule has 0 saturated heterocycles. The quantitative estimate of drug-likeness (QED) is 0.847. The molecule has 3 nitrogen and oxygen atoms in total. The van der Waals surface area contributed by atoms with Crippen LogP contribution < -0.4 is 11.1 Å². The standard InChI is InChI=1S/C14H19N3/c1-10(2)8-16-14-13-6-4-3-5-12(13)11(7-15)9-17-14/h3-6,9-10H,7-8,15H2,1-2H3,(H,16,17). The van der Waals surface area contributed by atoms with Crippen molar-refractivity contribution >= 4 is 16.6 Å². The van der Waals surface area contributed by atoms with Gasteiger partial charge in [-0.1, -0.05) is 38.1 Å². The number of pyridine rings is 1. The number of hydrogen-bond acceptors (Lipinski definition) is 3. The van der Waals surface area contributed by atoms with Crippen molar-refractivity contribution in [2.45, 2.75) is 20.4 Å². The largest absolute Gasteiger partial charge is 0.369 e. The fourth-order valence-electron chi connectivity index (χ4n) is 1.86.